The van der Waals surface area contributed by atoms with Gasteiger partial charge in [0.15, 0.2) is 5.82 Å². The maximum atomic E-state index is 5.86. The number of hydrogen-bond donors (Lipinski definition) is 0. The van der Waals surface area contributed by atoms with E-state index in [0.29, 0.717) is 16.1 Å². The highest BCUT2D eigenvalue weighted by Gasteiger charge is 2.08. The summed E-state index contributed by atoms with van der Waals surface area (Å²) in [7, 11) is 0. The first-order chi connectivity index (χ1) is 9.22. The van der Waals surface area contributed by atoms with Crippen LogP contribution in [0.3, 0.4) is 0 Å². The van der Waals surface area contributed by atoms with E-state index in [0.717, 1.165) is 11.3 Å². The van der Waals surface area contributed by atoms with Gasteiger partial charge in [0, 0.05) is 12.3 Å². The SMILES string of the molecule is Clc1cc(Cl)nc(-c2cnn(-c3ccccc3)c2)n1. The first kappa shape index (κ1) is 12.1. The number of para-hydroxylation sites is 1. The van der Waals surface area contributed by atoms with E-state index in [-0.39, 0.29) is 0 Å². The molecule has 1 aromatic carbocycles. The topological polar surface area (TPSA) is 43.6 Å². The van der Waals surface area contributed by atoms with Crippen LogP contribution in [0.1, 0.15) is 0 Å². The molecule has 0 spiro atoms. The second kappa shape index (κ2) is 4.99. The Kier molecular flexibility index (Phi) is 3.19. The molecule has 0 amide bonds. The van der Waals surface area contributed by atoms with Crippen LogP contribution in [-0.4, -0.2) is 19.7 Å². The third kappa shape index (κ3) is 2.59. The zero-order chi connectivity index (χ0) is 13.2. The first-order valence-corrected chi connectivity index (χ1v) is 6.28. The van der Waals surface area contributed by atoms with Gasteiger partial charge in [0.05, 0.1) is 17.4 Å². The van der Waals surface area contributed by atoms with Crippen LogP contribution in [0.15, 0.2) is 48.8 Å². The van der Waals surface area contributed by atoms with Crippen molar-refractivity contribution in [1.82, 2.24) is 19.7 Å². The van der Waals surface area contributed by atoms with Crippen molar-refractivity contribution in [3.63, 3.8) is 0 Å². The Hall–Kier alpha value is -1.91. The van der Waals surface area contributed by atoms with E-state index < -0.39 is 0 Å². The smallest absolute Gasteiger partial charge is 0.165 e. The monoisotopic (exact) mass is 290 g/mol. The Morgan fingerprint density at radius 3 is 2.32 bits per heavy atom. The summed E-state index contributed by atoms with van der Waals surface area (Å²) >= 11 is 11.7. The molecule has 3 rings (SSSR count). The molecule has 0 bridgehead atoms. The number of rotatable bonds is 2. The normalized spacial score (nSPS) is 10.6. The van der Waals surface area contributed by atoms with Crippen molar-refractivity contribution in [2.45, 2.75) is 0 Å². The number of hydrogen-bond acceptors (Lipinski definition) is 3. The fourth-order valence-electron chi connectivity index (χ4n) is 1.68. The van der Waals surface area contributed by atoms with Gasteiger partial charge < -0.3 is 0 Å². The van der Waals surface area contributed by atoms with Crippen molar-refractivity contribution in [2.75, 3.05) is 0 Å². The highest BCUT2D eigenvalue weighted by molar-refractivity contribution is 6.33. The molecule has 0 aliphatic carbocycles. The molecule has 0 aliphatic heterocycles. The molecule has 0 fully saturated rings. The number of benzene rings is 1. The number of nitrogens with zero attached hydrogens (tertiary/aromatic N) is 4. The van der Waals surface area contributed by atoms with E-state index in [1.807, 2.05) is 36.5 Å². The molecule has 6 heteroatoms. The lowest BCUT2D eigenvalue weighted by atomic mass is 10.3. The Balaban J connectivity index is 2.02. The third-order valence-corrected chi connectivity index (χ3v) is 2.91. The Morgan fingerprint density at radius 2 is 1.63 bits per heavy atom. The zero-order valence-corrected chi connectivity index (χ0v) is 11.2. The summed E-state index contributed by atoms with van der Waals surface area (Å²) in [5.74, 6) is 0.458. The van der Waals surface area contributed by atoms with Crippen LogP contribution in [-0.2, 0) is 0 Å². The number of aromatic nitrogens is 4. The lowest BCUT2D eigenvalue weighted by molar-refractivity contribution is 0.880. The summed E-state index contributed by atoms with van der Waals surface area (Å²) in [6.45, 7) is 0. The van der Waals surface area contributed by atoms with Gasteiger partial charge in [-0.05, 0) is 12.1 Å². The molecule has 0 unspecified atom stereocenters. The molecule has 2 aromatic heterocycles. The summed E-state index contributed by atoms with van der Waals surface area (Å²) in [4.78, 5) is 8.26. The summed E-state index contributed by atoms with van der Waals surface area (Å²) in [5, 5.41) is 4.89. The summed E-state index contributed by atoms with van der Waals surface area (Å²) in [6, 6.07) is 11.3. The quantitative estimate of drug-likeness (QED) is 0.677. The van der Waals surface area contributed by atoms with Crippen molar-refractivity contribution < 1.29 is 0 Å². The van der Waals surface area contributed by atoms with Gasteiger partial charge in [-0.15, -0.1) is 0 Å². The fourth-order valence-corrected chi connectivity index (χ4v) is 2.10. The standard InChI is InChI=1S/C13H8Cl2N4/c14-11-6-12(15)18-13(17-11)9-7-16-19(8-9)10-4-2-1-3-5-10/h1-8H. The second-order valence-electron chi connectivity index (χ2n) is 3.85. The molecular formula is C13H8Cl2N4. The molecule has 0 saturated carbocycles. The maximum absolute atomic E-state index is 5.86. The van der Waals surface area contributed by atoms with Crippen molar-refractivity contribution >= 4 is 23.2 Å². The van der Waals surface area contributed by atoms with E-state index >= 15 is 0 Å². The molecule has 4 nitrogen and oxygen atoms in total. The number of halogens is 2. The highest BCUT2D eigenvalue weighted by atomic mass is 35.5. The minimum absolute atomic E-state index is 0.308. The van der Waals surface area contributed by atoms with Crippen molar-refractivity contribution in [3.05, 3.63) is 59.1 Å². The largest absolute Gasteiger partial charge is 0.240 e. The van der Waals surface area contributed by atoms with Crippen LogP contribution >= 0.6 is 23.2 Å². The van der Waals surface area contributed by atoms with Crippen LogP contribution in [0.5, 0.6) is 0 Å². The van der Waals surface area contributed by atoms with Crippen LogP contribution in [0.4, 0.5) is 0 Å². The first-order valence-electron chi connectivity index (χ1n) is 5.53. The van der Waals surface area contributed by atoms with Gasteiger partial charge in [-0.3, -0.25) is 0 Å². The van der Waals surface area contributed by atoms with E-state index in [2.05, 4.69) is 15.1 Å². The molecular weight excluding hydrogens is 283 g/mol. The second-order valence-corrected chi connectivity index (χ2v) is 4.62. The summed E-state index contributed by atoms with van der Waals surface area (Å²) in [6.07, 6.45) is 3.51. The fraction of sp³-hybridized carbons (Fsp3) is 0. The molecule has 0 saturated heterocycles. The van der Waals surface area contributed by atoms with Crippen LogP contribution < -0.4 is 0 Å². The predicted octanol–water partition coefficient (Wildman–Crippen LogP) is 3.64. The molecule has 94 valence electrons. The van der Waals surface area contributed by atoms with E-state index in [1.165, 1.54) is 6.07 Å². The van der Waals surface area contributed by atoms with Crippen LogP contribution in [0.25, 0.3) is 17.1 Å². The van der Waals surface area contributed by atoms with Gasteiger partial charge in [-0.25, -0.2) is 14.6 Å². The summed E-state index contributed by atoms with van der Waals surface area (Å²) < 4.78 is 1.74. The van der Waals surface area contributed by atoms with Gasteiger partial charge in [0.1, 0.15) is 10.3 Å². The molecule has 0 radical (unpaired) electrons. The van der Waals surface area contributed by atoms with Gasteiger partial charge in [-0.1, -0.05) is 41.4 Å². The third-order valence-electron chi connectivity index (χ3n) is 2.53. The average Bonchev–Trinajstić information content (AvgIpc) is 2.88. The van der Waals surface area contributed by atoms with Gasteiger partial charge in [0.2, 0.25) is 0 Å². The highest BCUT2D eigenvalue weighted by Crippen LogP contribution is 2.20. The predicted molar refractivity (Wildman–Crippen MR) is 74.6 cm³/mol. The van der Waals surface area contributed by atoms with Gasteiger partial charge in [-0.2, -0.15) is 5.10 Å². The van der Waals surface area contributed by atoms with E-state index in [4.69, 9.17) is 23.2 Å². The Bertz CT molecular complexity index is 689. The molecule has 0 aliphatic rings. The van der Waals surface area contributed by atoms with Crippen LogP contribution in [0, 0.1) is 0 Å². The zero-order valence-electron chi connectivity index (χ0n) is 9.66. The Morgan fingerprint density at radius 1 is 0.947 bits per heavy atom. The molecule has 0 atom stereocenters. The molecule has 3 aromatic rings. The minimum atomic E-state index is 0.308. The van der Waals surface area contributed by atoms with Crippen molar-refractivity contribution in [2.24, 2.45) is 0 Å². The average molecular weight is 291 g/mol. The molecule has 0 N–H and O–H groups in total. The minimum Gasteiger partial charge on any atom is -0.240 e. The van der Waals surface area contributed by atoms with Gasteiger partial charge >= 0.3 is 0 Å². The van der Waals surface area contributed by atoms with Crippen molar-refractivity contribution in [1.29, 1.82) is 0 Å². The van der Waals surface area contributed by atoms with Crippen molar-refractivity contribution in [3.8, 4) is 17.1 Å². The molecule has 19 heavy (non-hydrogen) atoms. The summed E-state index contributed by atoms with van der Waals surface area (Å²) in [5.41, 5.74) is 1.72. The lowest BCUT2D eigenvalue weighted by Crippen LogP contribution is -1.93. The van der Waals surface area contributed by atoms with E-state index in [1.54, 1.807) is 10.9 Å². The Labute approximate surface area is 119 Å². The maximum Gasteiger partial charge on any atom is 0.165 e. The van der Waals surface area contributed by atoms with Gasteiger partial charge in [0.25, 0.3) is 0 Å². The molecule has 2 heterocycles. The van der Waals surface area contributed by atoms with Crippen LogP contribution in [0.2, 0.25) is 10.3 Å². The van der Waals surface area contributed by atoms with E-state index in [9.17, 15) is 0 Å². The lowest BCUT2D eigenvalue weighted by Gasteiger charge is -1.99.